The third-order valence-electron chi connectivity index (χ3n) is 0. The van der Waals surface area contributed by atoms with Crippen LogP contribution in [0.25, 0.3) is 0 Å². The monoisotopic (exact) mass is 289 g/mol. The van der Waals surface area contributed by atoms with Gasteiger partial charge < -0.3 is 2.85 Å². The van der Waals surface area contributed by atoms with Crippen molar-refractivity contribution in [3.8, 4) is 0 Å². The smallest absolute Gasteiger partial charge is 1.00 e. The molecule has 0 nitrogen and oxygen atoms in total. The van der Waals surface area contributed by atoms with Gasteiger partial charge in [-0.2, -0.15) is 0 Å². The summed E-state index contributed by atoms with van der Waals surface area (Å²) in [7, 11) is 0. The van der Waals surface area contributed by atoms with Crippen LogP contribution >= 0.6 is 0 Å². The van der Waals surface area contributed by atoms with Crippen LogP contribution in [0.5, 0.6) is 0 Å². The average molecular weight is 290 g/mol. The minimum absolute atomic E-state index is 0. The number of hydrogen-bond donors (Lipinski definition) is 0. The molecule has 0 aliphatic rings. The Hall–Kier alpha value is 3.83. The Labute approximate surface area is 122 Å². The van der Waals surface area contributed by atoms with E-state index in [1.807, 2.05) is 0 Å². The molecule has 0 heterocycles. The second-order valence-electron chi connectivity index (χ2n) is 0. The molecule has 25 valence electrons. The van der Waals surface area contributed by atoms with E-state index in [1.54, 1.807) is 0 Å². The largest absolute Gasteiger partial charge is 2.00 e. The molecule has 0 aliphatic heterocycles. The third kappa shape index (κ3) is 18.1. The zero-order valence-corrected chi connectivity index (χ0v) is 12.2. The van der Waals surface area contributed by atoms with Crippen LogP contribution in [0.1, 0.15) is 2.85 Å². The van der Waals surface area contributed by atoms with Crippen molar-refractivity contribution in [1.29, 1.82) is 0 Å². The molecule has 0 fully saturated rings. The van der Waals surface area contributed by atoms with Crippen LogP contribution < -0.4 is 0 Å². The van der Waals surface area contributed by atoms with Gasteiger partial charge in [0, 0.05) is 47.9 Å². The summed E-state index contributed by atoms with van der Waals surface area (Å²) in [4.78, 5) is 0. The van der Waals surface area contributed by atoms with E-state index < -0.39 is 0 Å². The van der Waals surface area contributed by atoms with E-state index in [2.05, 4.69) is 0 Å². The van der Waals surface area contributed by atoms with Gasteiger partial charge in [-0.25, -0.2) is 0 Å². The van der Waals surface area contributed by atoms with Crippen molar-refractivity contribution < 1.29 is 50.8 Å². The zero-order chi connectivity index (χ0) is 0. The molecule has 0 unspecified atom stereocenters. The summed E-state index contributed by atoms with van der Waals surface area (Å²) in [5.74, 6) is 0. The fourth-order valence-electron chi connectivity index (χ4n) is 0. The van der Waals surface area contributed by atoms with Crippen LogP contribution in [0.3, 0.4) is 0 Å². The van der Waals surface area contributed by atoms with Gasteiger partial charge >= 0.3 is 45.5 Å². The van der Waals surface area contributed by atoms with Crippen LogP contribution in [-0.2, 0) is 47.9 Å². The first-order valence-corrected chi connectivity index (χ1v) is 0. The summed E-state index contributed by atoms with van der Waals surface area (Å²) in [6, 6.07) is 0. The van der Waals surface area contributed by atoms with E-state index >= 15 is 0 Å². The summed E-state index contributed by atoms with van der Waals surface area (Å²) < 4.78 is 0. The van der Waals surface area contributed by atoms with Crippen LogP contribution in [0.2, 0.25) is 0 Å². The summed E-state index contributed by atoms with van der Waals surface area (Å²) in [6.45, 7) is 0. The molecule has 0 aromatic carbocycles. The molecule has 0 saturated carbocycles. The second-order valence-corrected chi connectivity index (χ2v) is 0. The van der Waals surface area contributed by atoms with E-state index in [0.717, 1.165) is 0 Å². The van der Waals surface area contributed by atoms with Gasteiger partial charge in [-0.05, 0) is 11.0 Å². The summed E-state index contributed by atoms with van der Waals surface area (Å²) in [5.41, 5.74) is 0. The maximum atomic E-state index is 0. The predicted molar refractivity (Wildman–Crippen MR) is 27.9 cm³/mol. The van der Waals surface area contributed by atoms with Gasteiger partial charge in [0.05, 0.1) is 0 Å². The Bertz CT molecular complexity index is 17.7. The molecule has 5 heavy (non-hydrogen) atoms. The van der Waals surface area contributed by atoms with Crippen molar-refractivity contribution in [3.63, 3.8) is 0 Å². The van der Waals surface area contributed by atoms with Gasteiger partial charge in [-0.15, -0.1) is 0 Å². The molecule has 0 N–H and O–H groups in total. The molecule has 1 radical (unpaired) electrons. The first-order valence-electron chi connectivity index (χ1n) is 0. The van der Waals surface area contributed by atoms with Gasteiger partial charge in [-0.3, -0.25) is 0 Å². The van der Waals surface area contributed by atoms with E-state index in [-0.39, 0.29) is 125 Å². The maximum absolute atomic E-state index is 0. The normalized spacial score (nSPS) is 0. The second kappa shape index (κ2) is 24.9. The summed E-state index contributed by atoms with van der Waals surface area (Å²) >= 11 is 0. The van der Waals surface area contributed by atoms with Crippen molar-refractivity contribution >= 4 is 73.8 Å². The van der Waals surface area contributed by atoms with Crippen molar-refractivity contribution in [2.45, 2.75) is 0 Å². The van der Waals surface area contributed by atoms with Gasteiger partial charge in [0.1, 0.15) is 0 Å². The van der Waals surface area contributed by atoms with E-state index in [4.69, 9.17) is 0 Å². The minimum atomic E-state index is 0. The molecule has 0 atom stereocenters. The Balaban J connectivity index is 0. The van der Waals surface area contributed by atoms with Crippen molar-refractivity contribution in [2.24, 2.45) is 0 Å². The molecule has 0 spiro atoms. The fraction of sp³-hybridized carbons (Fsp3) is 0. The average Bonchev–Trinajstić information content (AvgIpc) is 0. The third-order valence-corrected chi connectivity index (χ3v) is 0. The number of hydrogen-bond acceptors (Lipinski definition) is 0. The van der Waals surface area contributed by atoms with Crippen molar-refractivity contribution in [2.75, 3.05) is 0 Å². The first kappa shape index (κ1) is 36.9. The fourth-order valence-corrected chi connectivity index (χ4v) is 0. The van der Waals surface area contributed by atoms with Gasteiger partial charge in [0.2, 0.25) is 0 Å². The predicted octanol–water partition coefficient (Wildman–Crippen LogP) is -2.53. The van der Waals surface area contributed by atoms with Crippen molar-refractivity contribution in [3.05, 3.63) is 0 Å². The molecule has 0 aromatic rings. The number of rotatable bonds is 0. The quantitative estimate of drug-likeness (QED) is 0.432. The zero-order valence-electron chi connectivity index (χ0n) is 4.71. The van der Waals surface area contributed by atoms with E-state index in [1.165, 1.54) is 0 Å². The molecule has 0 aromatic heterocycles. The van der Waals surface area contributed by atoms with Gasteiger partial charge in [-0.1, -0.05) is 0 Å². The van der Waals surface area contributed by atoms with Crippen molar-refractivity contribution in [1.82, 2.24) is 0 Å². The molecule has 0 bridgehead atoms. The van der Waals surface area contributed by atoms with Gasteiger partial charge in [0.15, 0.2) is 17.4 Å². The molecule has 5 heteroatoms. The van der Waals surface area contributed by atoms with Crippen LogP contribution in [0.15, 0.2) is 0 Å². The molecule has 0 rings (SSSR count). The SMILES string of the molecule is [AlH3].[H-].[H-].[SiH3].[Sr+2].[Ti].[Zr]. The summed E-state index contributed by atoms with van der Waals surface area (Å²) in [5, 5.41) is 0. The first-order chi connectivity index (χ1) is 0. The minimum Gasteiger partial charge on any atom is -1.00 e. The summed E-state index contributed by atoms with van der Waals surface area (Å²) in [6.07, 6.45) is 0. The molecule has 0 amide bonds. The molecular weight excluding hydrogens is 282 g/mol. The Morgan fingerprint density at radius 2 is 1.20 bits per heavy atom. The van der Waals surface area contributed by atoms with Crippen LogP contribution in [-0.4, -0.2) is 73.8 Å². The Kier molecular flexibility index (Phi) is 184. The molecule has 0 saturated heterocycles. The molecule has 0 aliphatic carbocycles. The van der Waals surface area contributed by atoms with Crippen LogP contribution in [0, 0.1) is 0 Å². The standard InChI is InChI=1S/Al.H3Si.Sr.Ti.Zr.5H/h;1H3;;;;;;;;/q;;+2;;;;;;2*-1. The molecular formula is H8AlSiSrTiZr. The van der Waals surface area contributed by atoms with E-state index in [9.17, 15) is 0 Å². The van der Waals surface area contributed by atoms with E-state index in [0.29, 0.717) is 0 Å². The van der Waals surface area contributed by atoms with Crippen LogP contribution in [0.4, 0.5) is 0 Å². The maximum Gasteiger partial charge on any atom is 2.00 e. The Morgan fingerprint density at radius 1 is 1.20 bits per heavy atom. The Morgan fingerprint density at radius 3 is 1.20 bits per heavy atom. The van der Waals surface area contributed by atoms with Gasteiger partial charge in [0.25, 0.3) is 0 Å². The topological polar surface area (TPSA) is 0 Å².